The van der Waals surface area contributed by atoms with E-state index in [1.165, 1.54) is 6.07 Å². The molecule has 1 N–H and O–H groups in total. The summed E-state index contributed by atoms with van der Waals surface area (Å²) in [5.41, 5.74) is 1.36. The zero-order valence-corrected chi connectivity index (χ0v) is 10.6. The van der Waals surface area contributed by atoms with Gasteiger partial charge in [0.15, 0.2) is 0 Å². The van der Waals surface area contributed by atoms with Crippen molar-refractivity contribution in [3.8, 4) is 0 Å². The molecule has 2 rings (SSSR count). The van der Waals surface area contributed by atoms with Gasteiger partial charge in [0, 0.05) is 0 Å². The number of nitrogens with zero attached hydrogens (tertiary/aromatic N) is 3. The predicted molar refractivity (Wildman–Crippen MR) is 65.8 cm³/mol. The number of aliphatic hydroxyl groups excluding tert-OH is 1. The van der Waals surface area contributed by atoms with E-state index in [1.807, 2.05) is 6.92 Å². The average Bonchev–Trinajstić information content (AvgIpc) is 2.81. The highest BCUT2D eigenvalue weighted by atomic mass is 35.5. The summed E-state index contributed by atoms with van der Waals surface area (Å²) in [4.78, 5) is 0. The summed E-state index contributed by atoms with van der Waals surface area (Å²) in [6, 6.07) is 4.50. The van der Waals surface area contributed by atoms with Crippen molar-refractivity contribution in [2.24, 2.45) is 0 Å². The Morgan fingerprint density at radius 1 is 1.50 bits per heavy atom. The minimum absolute atomic E-state index is 0.0847. The molecule has 0 amide bonds. The second-order valence-electron chi connectivity index (χ2n) is 4.01. The molecule has 0 saturated carbocycles. The van der Waals surface area contributed by atoms with Crippen LogP contribution in [-0.2, 0) is 6.54 Å². The van der Waals surface area contributed by atoms with Gasteiger partial charge < -0.3 is 5.11 Å². The third-order valence-corrected chi connectivity index (χ3v) is 2.90. The number of hydrogen-bond acceptors (Lipinski definition) is 3. The van der Waals surface area contributed by atoms with Crippen LogP contribution < -0.4 is 0 Å². The van der Waals surface area contributed by atoms with E-state index < -0.39 is 11.9 Å². The maximum atomic E-state index is 13.0. The van der Waals surface area contributed by atoms with Crippen LogP contribution in [0.15, 0.2) is 24.4 Å². The van der Waals surface area contributed by atoms with Crippen molar-refractivity contribution < 1.29 is 9.50 Å². The first-order chi connectivity index (χ1) is 8.60. The normalized spacial score (nSPS) is 12.7. The molecule has 1 aromatic heterocycles. The molecular weight excluding hydrogens is 257 g/mol. The Hall–Kier alpha value is -1.46. The number of aliphatic hydroxyl groups is 1. The van der Waals surface area contributed by atoms with Crippen LogP contribution in [0.25, 0.3) is 0 Å². The molecule has 0 aliphatic rings. The van der Waals surface area contributed by atoms with Gasteiger partial charge in [-0.05, 0) is 24.1 Å². The van der Waals surface area contributed by atoms with Gasteiger partial charge in [0.1, 0.15) is 11.5 Å². The van der Waals surface area contributed by atoms with Crippen molar-refractivity contribution in [2.75, 3.05) is 0 Å². The lowest BCUT2D eigenvalue weighted by molar-refractivity contribution is 0.168. The first kappa shape index (κ1) is 13.0. The molecule has 4 nitrogen and oxygen atoms in total. The van der Waals surface area contributed by atoms with Gasteiger partial charge in [0.05, 0.1) is 23.9 Å². The molecule has 96 valence electrons. The van der Waals surface area contributed by atoms with Gasteiger partial charge in [-0.3, -0.25) is 0 Å². The monoisotopic (exact) mass is 269 g/mol. The van der Waals surface area contributed by atoms with Crippen LogP contribution in [0.5, 0.6) is 0 Å². The first-order valence-corrected chi connectivity index (χ1v) is 6.00. The van der Waals surface area contributed by atoms with Crippen LogP contribution in [0.1, 0.15) is 30.7 Å². The molecule has 2 aromatic rings. The van der Waals surface area contributed by atoms with Crippen LogP contribution in [0.4, 0.5) is 4.39 Å². The van der Waals surface area contributed by atoms with Gasteiger partial charge in [0.2, 0.25) is 0 Å². The zero-order valence-electron chi connectivity index (χ0n) is 9.85. The van der Waals surface area contributed by atoms with Gasteiger partial charge >= 0.3 is 0 Å². The molecular formula is C12H13ClFN3O. The Kier molecular flexibility index (Phi) is 3.93. The highest BCUT2D eigenvalue weighted by molar-refractivity contribution is 6.30. The molecule has 0 bridgehead atoms. The van der Waals surface area contributed by atoms with Crippen molar-refractivity contribution in [2.45, 2.75) is 26.0 Å². The average molecular weight is 270 g/mol. The number of aromatic nitrogens is 3. The van der Waals surface area contributed by atoms with Crippen molar-refractivity contribution in [3.05, 3.63) is 46.5 Å². The zero-order chi connectivity index (χ0) is 13.1. The lowest BCUT2D eigenvalue weighted by Gasteiger charge is -2.03. The highest BCUT2D eigenvalue weighted by Crippen LogP contribution is 2.17. The number of benzene rings is 1. The van der Waals surface area contributed by atoms with E-state index in [-0.39, 0.29) is 5.02 Å². The summed E-state index contributed by atoms with van der Waals surface area (Å²) >= 11 is 5.70. The molecule has 0 aliphatic heterocycles. The van der Waals surface area contributed by atoms with E-state index >= 15 is 0 Å². The van der Waals surface area contributed by atoms with Crippen molar-refractivity contribution in [1.82, 2.24) is 15.0 Å². The van der Waals surface area contributed by atoms with E-state index in [0.717, 1.165) is 5.56 Å². The third-order valence-electron chi connectivity index (χ3n) is 2.61. The summed E-state index contributed by atoms with van der Waals surface area (Å²) in [6.07, 6.45) is 1.66. The Labute approximate surface area is 109 Å². The van der Waals surface area contributed by atoms with Crippen molar-refractivity contribution >= 4 is 11.6 Å². The van der Waals surface area contributed by atoms with Gasteiger partial charge in [-0.25, -0.2) is 9.07 Å². The maximum absolute atomic E-state index is 13.0. The second kappa shape index (κ2) is 5.46. The summed E-state index contributed by atoms with van der Waals surface area (Å²) in [6.45, 7) is 2.30. The Morgan fingerprint density at radius 3 is 2.94 bits per heavy atom. The second-order valence-corrected chi connectivity index (χ2v) is 4.42. The molecule has 1 aromatic carbocycles. The third kappa shape index (κ3) is 2.86. The molecule has 0 saturated heterocycles. The van der Waals surface area contributed by atoms with Crippen LogP contribution in [-0.4, -0.2) is 20.1 Å². The van der Waals surface area contributed by atoms with Gasteiger partial charge in [-0.15, -0.1) is 5.10 Å². The molecule has 18 heavy (non-hydrogen) atoms. The summed E-state index contributed by atoms with van der Waals surface area (Å²) < 4.78 is 14.6. The van der Waals surface area contributed by atoms with E-state index in [4.69, 9.17) is 11.6 Å². The van der Waals surface area contributed by atoms with Crippen molar-refractivity contribution in [1.29, 1.82) is 0 Å². The summed E-state index contributed by atoms with van der Waals surface area (Å²) in [5, 5.41) is 17.5. The van der Waals surface area contributed by atoms with E-state index in [0.29, 0.717) is 18.7 Å². The number of hydrogen-bond donors (Lipinski definition) is 1. The Morgan fingerprint density at radius 2 is 2.28 bits per heavy atom. The van der Waals surface area contributed by atoms with E-state index in [1.54, 1.807) is 23.0 Å². The quantitative estimate of drug-likeness (QED) is 0.928. The summed E-state index contributed by atoms with van der Waals surface area (Å²) in [5.74, 6) is -0.443. The van der Waals surface area contributed by atoms with Gasteiger partial charge in [-0.2, -0.15) is 0 Å². The molecule has 0 radical (unpaired) electrons. The minimum Gasteiger partial charge on any atom is -0.387 e. The fourth-order valence-electron chi connectivity index (χ4n) is 1.58. The summed E-state index contributed by atoms with van der Waals surface area (Å²) in [7, 11) is 0. The Bertz CT molecular complexity index is 544. The molecule has 1 heterocycles. The van der Waals surface area contributed by atoms with Crippen LogP contribution >= 0.6 is 11.6 Å². The van der Waals surface area contributed by atoms with Gasteiger partial charge in [0.25, 0.3) is 0 Å². The van der Waals surface area contributed by atoms with Crippen LogP contribution in [0.2, 0.25) is 5.02 Å². The predicted octanol–water partition coefficient (Wildman–Crippen LogP) is 2.56. The number of halogens is 2. The minimum atomic E-state index is -0.601. The molecule has 6 heteroatoms. The first-order valence-electron chi connectivity index (χ1n) is 5.62. The Balaban J connectivity index is 2.13. The van der Waals surface area contributed by atoms with E-state index in [9.17, 15) is 9.50 Å². The standard InChI is InChI=1S/C12H13ClFN3O/c1-2-12(18)11-7-17(16-15-11)6-8-3-4-10(14)9(13)5-8/h3-5,7,12,18H,2,6H2,1H3. The lowest BCUT2D eigenvalue weighted by Crippen LogP contribution is -2.00. The van der Waals surface area contributed by atoms with E-state index in [2.05, 4.69) is 10.3 Å². The molecule has 0 spiro atoms. The fourth-order valence-corrected chi connectivity index (χ4v) is 1.78. The van der Waals surface area contributed by atoms with Crippen LogP contribution in [0, 0.1) is 5.82 Å². The molecule has 0 aliphatic carbocycles. The maximum Gasteiger partial charge on any atom is 0.141 e. The fraction of sp³-hybridized carbons (Fsp3) is 0.333. The van der Waals surface area contributed by atoms with Crippen molar-refractivity contribution in [3.63, 3.8) is 0 Å². The molecule has 0 fully saturated rings. The number of rotatable bonds is 4. The smallest absolute Gasteiger partial charge is 0.141 e. The van der Waals surface area contributed by atoms with Gasteiger partial charge in [-0.1, -0.05) is 29.8 Å². The highest BCUT2D eigenvalue weighted by Gasteiger charge is 2.10. The molecule has 1 atom stereocenters. The topological polar surface area (TPSA) is 50.9 Å². The van der Waals surface area contributed by atoms with Crippen LogP contribution in [0.3, 0.4) is 0 Å². The molecule has 1 unspecified atom stereocenters. The SMILES string of the molecule is CCC(O)c1cn(Cc2ccc(F)c(Cl)c2)nn1. The largest absolute Gasteiger partial charge is 0.387 e. The lowest BCUT2D eigenvalue weighted by atomic mass is 10.2.